The summed E-state index contributed by atoms with van der Waals surface area (Å²) in [5, 5.41) is 18.6. The lowest BCUT2D eigenvalue weighted by Gasteiger charge is -2.40. The van der Waals surface area contributed by atoms with E-state index in [4.69, 9.17) is 5.11 Å². The highest BCUT2D eigenvalue weighted by molar-refractivity contribution is 5.85. The van der Waals surface area contributed by atoms with Gasteiger partial charge in [-0.3, -0.25) is 4.90 Å². The Labute approximate surface area is 158 Å². The molecule has 1 heterocycles. The zero-order valence-electron chi connectivity index (χ0n) is 15.5. The average Bonchev–Trinajstić information content (AvgIpc) is 2.59. The molecule has 0 saturated heterocycles. The van der Waals surface area contributed by atoms with Crippen LogP contribution >= 0.6 is 0 Å². The predicted molar refractivity (Wildman–Crippen MR) is 104 cm³/mol. The molecule has 1 aliphatic heterocycles. The van der Waals surface area contributed by atoms with E-state index >= 15 is 0 Å². The second-order valence-electron chi connectivity index (χ2n) is 7.56. The third kappa shape index (κ3) is 4.74. The number of hydrogen-bond acceptors (Lipinski definition) is 3. The van der Waals surface area contributed by atoms with E-state index in [9.17, 15) is 14.3 Å². The van der Waals surface area contributed by atoms with Crippen molar-refractivity contribution < 1.29 is 19.4 Å². The number of benzene rings is 2. The Morgan fingerprint density at radius 3 is 2.59 bits per heavy atom. The summed E-state index contributed by atoms with van der Waals surface area (Å²) < 4.78 is 14.4. The summed E-state index contributed by atoms with van der Waals surface area (Å²) in [5.41, 5.74) is 2.62. The summed E-state index contributed by atoms with van der Waals surface area (Å²) in [4.78, 5) is 12.8. The van der Waals surface area contributed by atoms with Crippen LogP contribution in [0.3, 0.4) is 0 Å². The Hall–Kier alpha value is -2.66. The molecule has 0 bridgehead atoms. The van der Waals surface area contributed by atoms with Crippen molar-refractivity contribution in [2.75, 3.05) is 13.1 Å². The Bertz CT molecular complexity index is 853. The summed E-state index contributed by atoms with van der Waals surface area (Å²) in [6.45, 7) is 4.17. The van der Waals surface area contributed by atoms with Gasteiger partial charge in [-0.05, 0) is 60.7 Å². The summed E-state index contributed by atoms with van der Waals surface area (Å²) in [5.74, 6) is -0.752. The van der Waals surface area contributed by atoms with Gasteiger partial charge in [0.15, 0.2) is 0 Å². The number of carbonyl (C=O) groups is 1. The van der Waals surface area contributed by atoms with Crippen LogP contribution in [0.1, 0.15) is 42.1 Å². The highest BCUT2D eigenvalue weighted by atomic mass is 19.1. The minimum atomic E-state index is -1.32. The fourth-order valence-electron chi connectivity index (χ4n) is 3.67. The first kappa shape index (κ1) is 19.1. The molecule has 0 saturated carbocycles. The number of hydrogen-bond donors (Lipinski definition) is 2. The van der Waals surface area contributed by atoms with E-state index < -0.39 is 11.6 Å². The largest absolute Gasteiger partial charge is 0.508 e. The minimum Gasteiger partial charge on any atom is -0.508 e. The Morgan fingerprint density at radius 2 is 1.96 bits per heavy atom. The number of rotatable bonds is 5. The molecule has 2 N–H and O–H groups in total. The smallest absolute Gasteiger partial charge is 0.328 e. The molecule has 0 fully saturated rings. The third-order valence-electron chi connectivity index (χ3n) is 4.70. The molecule has 3 rings (SSSR count). The third-order valence-corrected chi connectivity index (χ3v) is 4.70. The topological polar surface area (TPSA) is 60.8 Å². The van der Waals surface area contributed by atoms with Crippen LogP contribution in [0.25, 0.3) is 6.08 Å². The van der Waals surface area contributed by atoms with Crippen molar-refractivity contribution in [2.45, 2.75) is 32.0 Å². The molecule has 1 atom stereocenters. The summed E-state index contributed by atoms with van der Waals surface area (Å²) in [6.07, 6.45) is 3.41. The van der Waals surface area contributed by atoms with Crippen LogP contribution in [0.5, 0.6) is 5.75 Å². The van der Waals surface area contributed by atoms with Crippen LogP contribution in [-0.4, -0.2) is 39.8 Å². The van der Waals surface area contributed by atoms with Gasteiger partial charge in [-0.2, -0.15) is 0 Å². The number of alkyl halides is 1. The van der Waals surface area contributed by atoms with E-state index in [1.54, 1.807) is 32.1 Å². The maximum absolute atomic E-state index is 14.4. The highest BCUT2D eigenvalue weighted by Crippen LogP contribution is 2.37. The van der Waals surface area contributed by atoms with Crippen molar-refractivity contribution in [2.24, 2.45) is 0 Å². The van der Waals surface area contributed by atoms with Gasteiger partial charge in [0.1, 0.15) is 11.4 Å². The molecule has 0 radical (unpaired) electrons. The Kier molecular flexibility index (Phi) is 5.33. The number of carboxylic acids is 1. The average molecular weight is 369 g/mol. The van der Waals surface area contributed by atoms with Crippen molar-refractivity contribution in [3.63, 3.8) is 0 Å². The van der Waals surface area contributed by atoms with Gasteiger partial charge in [0.2, 0.25) is 0 Å². The quantitative estimate of drug-likeness (QED) is 0.776. The zero-order valence-corrected chi connectivity index (χ0v) is 15.5. The van der Waals surface area contributed by atoms with Crippen LogP contribution in [0, 0.1) is 0 Å². The van der Waals surface area contributed by atoms with E-state index in [1.807, 2.05) is 30.3 Å². The van der Waals surface area contributed by atoms with Crippen LogP contribution < -0.4 is 0 Å². The number of phenols is 1. The summed E-state index contributed by atoms with van der Waals surface area (Å²) in [6, 6.07) is 12.9. The number of fused-ring (bicyclic) bond motifs is 1. The molecule has 2 aromatic carbocycles. The SMILES string of the molecule is CC(C)(F)CN1CCc2cc(O)ccc2C1c1ccc(C=CC(=O)O)cc1. The first-order valence-electron chi connectivity index (χ1n) is 8.99. The van der Waals surface area contributed by atoms with Gasteiger partial charge in [-0.25, -0.2) is 9.18 Å². The first-order chi connectivity index (χ1) is 12.7. The molecule has 142 valence electrons. The van der Waals surface area contributed by atoms with Gasteiger partial charge >= 0.3 is 5.97 Å². The number of nitrogens with zero attached hydrogens (tertiary/aromatic N) is 1. The lowest BCUT2D eigenvalue weighted by atomic mass is 9.87. The molecule has 0 spiro atoms. The minimum absolute atomic E-state index is 0.109. The number of carboxylic acid groups (broad SMARTS) is 1. The molecule has 27 heavy (non-hydrogen) atoms. The molecule has 1 unspecified atom stereocenters. The number of aromatic hydroxyl groups is 1. The van der Waals surface area contributed by atoms with Gasteiger partial charge in [-0.15, -0.1) is 0 Å². The van der Waals surface area contributed by atoms with Crippen molar-refractivity contribution >= 4 is 12.0 Å². The molecular weight excluding hydrogens is 345 g/mol. The van der Waals surface area contributed by atoms with Crippen molar-refractivity contribution in [3.8, 4) is 5.75 Å². The summed E-state index contributed by atoms with van der Waals surface area (Å²) >= 11 is 0. The molecular formula is C22H24FNO3. The number of aliphatic carboxylic acids is 1. The molecule has 0 aliphatic carbocycles. The normalized spacial score (nSPS) is 17.8. The Morgan fingerprint density at radius 1 is 1.26 bits per heavy atom. The van der Waals surface area contributed by atoms with Crippen molar-refractivity contribution in [1.29, 1.82) is 0 Å². The van der Waals surface area contributed by atoms with E-state index in [2.05, 4.69) is 4.90 Å². The van der Waals surface area contributed by atoms with Gasteiger partial charge in [-0.1, -0.05) is 30.3 Å². The lowest BCUT2D eigenvalue weighted by Crippen LogP contribution is -2.42. The molecule has 2 aromatic rings. The summed E-state index contributed by atoms with van der Waals surface area (Å²) in [7, 11) is 0. The molecule has 0 amide bonds. The molecule has 1 aliphatic rings. The standard InChI is InChI=1S/C22H24FNO3/c1-22(2,23)14-24-12-11-17-13-18(25)8-9-19(17)21(24)16-6-3-15(4-7-16)5-10-20(26)27/h3-10,13,21,25H,11-12,14H2,1-2H3,(H,26,27). The first-order valence-corrected chi connectivity index (χ1v) is 8.99. The van der Waals surface area contributed by atoms with Gasteiger partial charge in [0, 0.05) is 19.2 Å². The highest BCUT2D eigenvalue weighted by Gasteiger charge is 2.32. The van der Waals surface area contributed by atoms with Crippen LogP contribution in [0.4, 0.5) is 4.39 Å². The molecule has 4 nitrogen and oxygen atoms in total. The van der Waals surface area contributed by atoms with Gasteiger partial charge in [0.25, 0.3) is 0 Å². The van der Waals surface area contributed by atoms with E-state index in [-0.39, 0.29) is 11.8 Å². The lowest BCUT2D eigenvalue weighted by molar-refractivity contribution is -0.131. The number of halogens is 1. The van der Waals surface area contributed by atoms with Crippen molar-refractivity contribution in [3.05, 3.63) is 70.8 Å². The van der Waals surface area contributed by atoms with Gasteiger partial charge in [0.05, 0.1) is 6.04 Å². The molecule has 0 aromatic heterocycles. The van der Waals surface area contributed by atoms with Crippen LogP contribution in [0.15, 0.2) is 48.5 Å². The second-order valence-corrected chi connectivity index (χ2v) is 7.56. The molecule has 5 heteroatoms. The Balaban J connectivity index is 1.98. The monoisotopic (exact) mass is 369 g/mol. The maximum atomic E-state index is 14.4. The van der Waals surface area contributed by atoms with Crippen LogP contribution in [-0.2, 0) is 11.2 Å². The van der Waals surface area contributed by atoms with E-state index in [0.29, 0.717) is 13.1 Å². The number of phenolic OH excluding ortho intramolecular Hbond substituents is 1. The fraction of sp³-hybridized carbons (Fsp3) is 0.318. The second kappa shape index (κ2) is 7.53. The fourth-order valence-corrected chi connectivity index (χ4v) is 3.67. The maximum Gasteiger partial charge on any atom is 0.328 e. The predicted octanol–water partition coefficient (Wildman–Crippen LogP) is 4.19. The van der Waals surface area contributed by atoms with Gasteiger partial charge < -0.3 is 10.2 Å². The zero-order chi connectivity index (χ0) is 19.6. The van der Waals surface area contributed by atoms with E-state index in [1.165, 1.54) is 0 Å². The van der Waals surface area contributed by atoms with Crippen LogP contribution in [0.2, 0.25) is 0 Å². The van der Waals surface area contributed by atoms with Crippen molar-refractivity contribution in [1.82, 2.24) is 4.90 Å². The van der Waals surface area contributed by atoms with E-state index in [0.717, 1.165) is 34.8 Å².